The van der Waals surface area contributed by atoms with Gasteiger partial charge < -0.3 is 15.1 Å². The first-order chi connectivity index (χ1) is 9.08. The summed E-state index contributed by atoms with van der Waals surface area (Å²) in [6, 6.07) is 6.02. The molecule has 1 rings (SSSR count). The summed E-state index contributed by atoms with van der Waals surface area (Å²) in [5.74, 6) is -0.205. The van der Waals surface area contributed by atoms with Crippen LogP contribution in [0.3, 0.4) is 0 Å². The Morgan fingerprint density at radius 2 is 1.84 bits per heavy atom. The van der Waals surface area contributed by atoms with Gasteiger partial charge in [-0.05, 0) is 31.1 Å². The van der Waals surface area contributed by atoms with Crippen molar-refractivity contribution in [3.8, 4) is 0 Å². The summed E-state index contributed by atoms with van der Waals surface area (Å²) >= 11 is 0. The number of rotatable bonds is 6. The van der Waals surface area contributed by atoms with E-state index in [0.717, 1.165) is 11.1 Å². The van der Waals surface area contributed by atoms with Crippen LogP contribution in [0.1, 0.15) is 16.7 Å². The summed E-state index contributed by atoms with van der Waals surface area (Å²) < 4.78 is 0. The standard InChI is InChI=1S/C15H21NO3/c1-12-3-4-14(13(2)11-12)5-6-15(19)16(7-9-17)8-10-18/h3-6,11,17-18H,7-10H2,1-2H3. The zero-order valence-electron chi connectivity index (χ0n) is 11.5. The monoisotopic (exact) mass is 263 g/mol. The first kappa shape index (κ1) is 15.4. The second-order valence-corrected chi connectivity index (χ2v) is 4.47. The summed E-state index contributed by atoms with van der Waals surface area (Å²) in [6.07, 6.45) is 3.24. The van der Waals surface area contributed by atoms with Crippen LogP contribution < -0.4 is 0 Å². The number of carbonyl (C=O) groups excluding carboxylic acids is 1. The van der Waals surface area contributed by atoms with Crippen LogP contribution >= 0.6 is 0 Å². The van der Waals surface area contributed by atoms with E-state index in [2.05, 4.69) is 6.07 Å². The highest BCUT2D eigenvalue weighted by Crippen LogP contribution is 2.12. The van der Waals surface area contributed by atoms with E-state index in [1.807, 2.05) is 26.0 Å². The molecule has 0 spiro atoms. The van der Waals surface area contributed by atoms with E-state index < -0.39 is 0 Å². The fourth-order valence-electron chi connectivity index (χ4n) is 1.85. The molecule has 4 nitrogen and oxygen atoms in total. The van der Waals surface area contributed by atoms with Gasteiger partial charge in [0.1, 0.15) is 0 Å². The van der Waals surface area contributed by atoms with Gasteiger partial charge in [-0.1, -0.05) is 23.8 Å². The molecule has 0 saturated heterocycles. The third-order valence-electron chi connectivity index (χ3n) is 2.88. The first-order valence-electron chi connectivity index (χ1n) is 6.34. The molecule has 1 aromatic rings. The molecule has 0 aliphatic carbocycles. The van der Waals surface area contributed by atoms with Crippen LogP contribution in [0.25, 0.3) is 6.08 Å². The first-order valence-corrected chi connectivity index (χ1v) is 6.34. The molecule has 0 heterocycles. The number of nitrogens with zero attached hydrogens (tertiary/aromatic N) is 1. The highest BCUT2D eigenvalue weighted by molar-refractivity contribution is 5.92. The van der Waals surface area contributed by atoms with Gasteiger partial charge in [0, 0.05) is 19.2 Å². The minimum Gasteiger partial charge on any atom is -0.395 e. The zero-order valence-corrected chi connectivity index (χ0v) is 11.5. The molecular weight excluding hydrogens is 242 g/mol. The van der Waals surface area contributed by atoms with Crippen molar-refractivity contribution in [2.24, 2.45) is 0 Å². The summed E-state index contributed by atoms with van der Waals surface area (Å²) in [7, 11) is 0. The van der Waals surface area contributed by atoms with Crippen LogP contribution in [0, 0.1) is 13.8 Å². The molecule has 0 fully saturated rings. The van der Waals surface area contributed by atoms with Crippen molar-refractivity contribution in [2.45, 2.75) is 13.8 Å². The van der Waals surface area contributed by atoms with Crippen LogP contribution in [0.5, 0.6) is 0 Å². The van der Waals surface area contributed by atoms with Gasteiger partial charge in [0.25, 0.3) is 0 Å². The third-order valence-corrected chi connectivity index (χ3v) is 2.88. The van der Waals surface area contributed by atoms with Gasteiger partial charge in [-0.2, -0.15) is 0 Å². The predicted octanol–water partition coefficient (Wildman–Crippen LogP) is 1.13. The Bertz CT molecular complexity index is 449. The van der Waals surface area contributed by atoms with Crippen molar-refractivity contribution in [3.63, 3.8) is 0 Å². The van der Waals surface area contributed by atoms with E-state index in [1.54, 1.807) is 6.08 Å². The Morgan fingerprint density at radius 3 is 2.37 bits per heavy atom. The molecule has 104 valence electrons. The lowest BCUT2D eigenvalue weighted by atomic mass is 10.1. The SMILES string of the molecule is Cc1ccc(C=CC(=O)N(CCO)CCO)c(C)c1. The molecule has 1 aromatic carbocycles. The van der Waals surface area contributed by atoms with Crippen molar-refractivity contribution in [3.05, 3.63) is 41.0 Å². The van der Waals surface area contributed by atoms with Crippen LogP contribution in [0.15, 0.2) is 24.3 Å². The van der Waals surface area contributed by atoms with E-state index in [-0.39, 0.29) is 32.2 Å². The van der Waals surface area contributed by atoms with E-state index in [1.165, 1.54) is 16.5 Å². The Kier molecular flexibility index (Phi) is 6.25. The lowest BCUT2D eigenvalue weighted by molar-refractivity contribution is -0.126. The molecule has 0 aromatic heterocycles. The molecule has 0 aliphatic rings. The summed E-state index contributed by atoms with van der Waals surface area (Å²) in [6.45, 7) is 4.27. The van der Waals surface area contributed by atoms with Gasteiger partial charge in [0.15, 0.2) is 0 Å². The molecule has 0 saturated carbocycles. The van der Waals surface area contributed by atoms with Gasteiger partial charge in [-0.25, -0.2) is 0 Å². The van der Waals surface area contributed by atoms with Crippen LogP contribution in [-0.4, -0.2) is 47.3 Å². The average Bonchev–Trinajstić information content (AvgIpc) is 2.37. The fourth-order valence-corrected chi connectivity index (χ4v) is 1.85. The van der Waals surface area contributed by atoms with Gasteiger partial charge >= 0.3 is 0 Å². The number of aliphatic hydroxyl groups excluding tert-OH is 2. The van der Waals surface area contributed by atoms with Crippen molar-refractivity contribution < 1.29 is 15.0 Å². The lowest BCUT2D eigenvalue weighted by Gasteiger charge is -2.18. The van der Waals surface area contributed by atoms with E-state index in [9.17, 15) is 4.79 Å². The van der Waals surface area contributed by atoms with E-state index >= 15 is 0 Å². The number of hydrogen-bond acceptors (Lipinski definition) is 3. The van der Waals surface area contributed by atoms with Gasteiger partial charge in [-0.3, -0.25) is 4.79 Å². The number of aliphatic hydroxyl groups is 2. The number of hydrogen-bond donors (Lipinski definition) is 2. The van der Waals surface area contributed by atoms with Crippen LogP contribution in [0.4, 0.5) is 0 Å². The molecule has 4 heteroatoms. The maximum Gasteiger partial charge on any atom is 0.246 e. The number of carbonyl (C=O) groups is 1. The number of amides is 1. The molecule has 0 bridgehead atoms. The van der Waals surface area contributed by atoms with Gasteiger partial charge in [0.2, 0.25) is 5.91 Å². The van der Waals surface area contributed by atoms with Crippen molar-refractivity contribution in [2.75, 3.05) is 26.3 Å². The van der Waals surface area contributed by atoms with Gasteiger partial charge in [0.05, 0.1) is 13.2 Å². The topological polar surface area (TPSA) is 60.8 Å². The summed E-state index contributed by atoms with van der Waals surface area (Å²) in [4.78, 5) is 13.3. The second kappa shape index (κ2) is 7.71. The molecule has 0 atom stereocenters. The highest BCUT2D eigenvalue weighted by Gasteiger charge is 2.08. The lowest BCUT2D eigenvalue weighted by Crippen LogP contribution is -2.34. The van der Waals surface area contributed by atoms with Crippen molar-refractivity contribution in [1.29, 1.82) is 0 Å². The molecule has 2 N–H and O–H groups in total. The Labute approximate surface area is 114 Å². The molecule has 0 aliphatic heterocycles. The normalized spacial score (nSPS) is 10.9. The van der Waals surface area contributed by atoms with Crippen LogP contribution in [0.2, 0.25) is 0 Å². The maximum absolute atomic E-state index is 11.9. The predicted molar refractivity (Wildman–Crippen MR) is 75.7 cm³/mol. The number of aryl methyl sites for hydroxylation is 2. The van der Waals surface area contributed by atoms with E-state index in [0.29, 0.717) is 0 Å². The van der Waals surface area contributed by atoms with Crippen molar-refractivity contribution in [1.82, 2.24) is 4.90 Å². The fraction of sp³-hybridized carbons (Fsp3) is 0.400. The largest absolute Gasteiger partial charge is 0.395 e. The Morgan fingerprint density at radius 1 is 1.21 bits per heavy atom. The molecular formula is C15H21NO3. The highest BCUT2D eigenvalue weighted by atomic mass is 16.3. The number of benzene rings is 1. The molecule has 19 heavy (non-hydrogen) atoms. The second-order valence-electron chi connectivity index (χ2n) is 4.47. The molecule has 0 unspecified atom stereocenters. The smallest absolute Gasteiger partial charge is 0.246 e. The Hall–Kier alpha value is -1.65. The Balaban J connectivity index is 2.76. The molecule has 0 radical (unpaired) electrons. The third kappa shape index (κ3) is 4.85. The van der Waals surface area contributed by atoms with E-state index in [4.69, 9.17) is 10.2 Å². The van der Waals surface area contributed by atoms with Crippen LogP contribution in [-0.2, 0) is 4.79 Å². The minimum absolute atomic E-state index is 0.108. The van der Waals surface area contributed by atoms with Gasteiger partial charge in [-0.15, -0.1) is 0 Å². The minimum atomic E-state index is -0.205. The summed E-state index contributed by atoms with van der Waals surface area (Å²) in [5, 5.41) is 17.7. The maximum atomic E-state index is 11.9. The van der Waals surface area contributed by atoms with Crippen molar-refractivity contribution >= 4 is 12.0 Å². The quantitative estimate of drug-likeness (QED) is 0.756. The molecule has 1 amide bonds. The average molecular weight is 263 g/mol. The summed E-state index contributed by atoms with van der Waals surface area (Å²) in [5.41, 5.74) is 3.29. The zero-order chi connectivity index (χ0) is 14.3.